The standard InChI is InChI=1S/C13H11N3O4/c17-10-4-3-9(12(18)15-10)7-1-2-8-5-14-11(13(19)20)16(8)6-7/h1-2,5-6,9H,3-4H2,(H,19,20)(H,15,17,18). The van der Waals surface area contributed by atoms with Crippen molar-refractivity contribution in [3.63, 3.8) is 0 Å². The minimum atomic E-state index is -1.13. The summed E-state index contributed by atoms with van der Waals surface area (Å²) < 4.78 is 1.43. The molecule has 1 fully saturated rings. The van der Waals surface area contributed by atoms with Gasteiger partial charge in [0.05, 0.1) is 17.6 Å². The Morgan fingerprint density at radius 3 is 2.90 bits per heavy atom. The normalized spacial score (nSPS) is 19.1. The van der Waals surface area contributed by atoms with E-state index in [4.69, 9.17) is 5.11 Å². The summed E-state index contributed by atoms with van der Waals surface area (Å²) in [6, 6.07) is 3.46. The number of carbonyl (C=O) groups is 3. The Bertz CT molecular complexity index is 734. The molecular weight excluding hydrogens is 262 g/mol. The Balaban J connectivity index is 2.04. The van der Waals surface area contributed by atoms with Crippen molar-refractivity contribution in [2.24, 2.45) is 0 Å². The fourth-order valence-corrected chi connectivity index (χ4v) is 2.38. The van der Waals surface area contributed by atoms with Gasteiger partial charge < -0.3 is 5.11 Å². The number of hydrogen-bond donors (Lipinski definition) is 2. The fraction of sp³-hybridized carbons (Fsp3) is 0.231. The Morgan fingerprint density at radius 2 is 2.20 bits per heavy atom. The first-order chi connectivity index (χ1) is 9.56. The number of piperidine rings is 1. The highest BCUT2D eigenvalue weighted by Crippen LogP contribution is 2.25. The zero-order valence-electron chi connectivity index (χ0n) is 10.4. The van der Waals surface area contributed by atoms with Crippen molar-refractivity contribution in [2.75, 3.05) is 0 Å². The number of carbonyl (C=O) groups excluding carboxylic acids is 2. The summed E-state index contributed by atoms with van der Waals surface area (Å²) in [5.41, 5.74) is 1.31. The molecule has 2 amide bonds. The molecule has 20 heavy (non-hydrogen) atoms. The molecule has 3 heterocycles. The summed E-state index contributed by atoms with van der Waals surface area (Å²) in [4.78, 5) is 37.8. The second kappa shape index (κ2) is 4.44. The molecule has 0 spiro atoms. The van der Waals surface area contributed by atoms with Crippen LogP contribution >= 0.6 is 0 Å². The van der Waals surface area contributed by atoms with Crippen LogP contribution < -0.4 is 5.32 Å². The lowest BCUT2D eigenvalue weighted by Gasteiger charge is -2.21. The number of nitrogens with one attached hydrogen (secondary N) is 1. The molecule has 7 heteroatoms. The molecule has 2 N–H and O–H groups in total. The van der Waals surface area contributed by atoms with Crippen LogP contribution in [0.5, 0.6) is 0 Å². The van der Waals surface area contributed by atoms with Crippen molar-refractivity contribution in [3.05, 3.63) is 35.9 Å². The molecule has 1 saturated heterocycles. The maximum atomic E-state index is 11.8. The molecule has 3 rings (SSSR count). The van der Waals surface area contributed by atoms with E-state index in [0.29, 0.717) is 17.5 Å². The summed E-state index contributed by atoms with van der Waals surface area (Å²) in [6.45, 7) is 0. The average molecular weight is 273 g/mol. The van der Waals surface area contributed by atoms with Gasteiger partial charge >= 0.3 is 5.97 Å². The van der Waals surface area contributed by atoms with Crippen LogP contribution in [-0.4, -0.2) is 32.3 Å². The van der Waals surface area contributed by atoms with Crippen LogP contribution in [0.25, 0.3) is 5.52 Å². The first kappa shape index (κ1) is 12.3. The van der Waals surface area contributed by atoms with E-state index in [1.54, 1.807) is 18.3 Å². The predicted octanol–water partition coefficient (Wildman–Crippen LogP) is 0.553. The zero-order valence-corrected chi connectivity index (χ0v) is 10.4. The summed E-state index contributed by atoms with van der Waals surface area (Å²) in [6.07, 6.45) is 3.75. The van der Waals surface area contributed by atoms with E-state index >= 15 is 0 Å². The number of rotatable bonds is 2. The maximum Gasteiger partial charge on any atom is 0.372 e. The molecular formula is C13H11N3O4. The highest BCUT2D eigenvalue weighted by molar-refractivity contribution is 6.00. The highest BCUT2D eigenvalue weighted by Gasteiger charge is 2.28. The van der Waals surface area contributed by atoms with Gasteiger partial charge in [-0.05, 0) is 18.1 Å². The smallest absolute Gasteiger partial charge is 0.372 e. The molecule has 1 unspecified atom stereocenters. The first-order valence-electron chi connectivity index (χ1n) is 6.10. The van der Waals surface area contributed by atoms with Gasteiger partial charge in [0.15, 0.2) is 0 Å². The van der Waals surface area contributed by atoms with E-state index in [1.165, 1.54) is 10.6 Å². The molecule has 2 aromatic heterocycles. The Morgan fingerprint density at radius 1 is 1.40 bits per heavy atom. The minimum Gasteiger partial charge on any atom is -0.475 e. The number of imidazole rings is 1. The third-order valence-corrected chi connectivity index (χ3v) is 3.38. The van der Waals surface area contributed by atoms with Crippen LogP contribution in [0.4, 0.5) is 0 Å². The number of imide groups is 1. The molecule has 0 aromatic carbocycles. The van der Waals surface area contributed by atoms with Crippen molar-refractivity contribution in [3.8, 4) is 0 Å². The number of carboxylic acid groups (broad SMARTS) is 1. The SMILES string of the molecule is O=C1CCC(c2ccc3cnc(C(=O)O)n3c2)C(=O)N1. The number of aromatic carboxylic acids is 1. The monoisotopic (exact) mass is 273 g/mol. The largest absolute Gasteiger partial charge is 0.475 e. The number of fused-ring (bicyclic) bond motifs is 1. The van der Waals surface area contributed by atoms with Gasteiger partial charge in [0.1, 0.15) is 0 Å². The van der Waals surface area contributed by atoms with Crippen molar-refractivity contribution in [2.45, 2.75) is 18.8 Å². The summed E-state index contributed by atoms with van der Waals surface area (Å²) in [5.74, 6) is -2.31. The number of amides is 2. The van der Waals surface area contributed by atoms with Gasteiger partial charge in [0.2, 0.25) is 17.6 Å². The van der Waals surface area contributed by atoms with Crippen LogP contribution in [0.2, 0.25) is 0 Å². The number of aromatic nitrogens is 2. The molecule has 0 aliphatic carbocycles. The van der Waals surface area contributed by atoms with Gasteiger partial charge in [0.25, 0.3) is 0 Å². The van der Waals surface area contributed by atoms with E-state index in [-0.39, 0.29) is 24.1 Å². The molecule has 0 saturated carbocycles. The maximum absolute atomic E-state index is 11.8. The number of hydrogen-bond acceptors (Lipinski definition) is 4. The number of pyridine rings is 1. The molecule has 1 atom stereocenters. The van der Waals surface area contributed by atoms with E-state index in [0.717, 1.165) is 0 Å². The number of nitrogens with zero attached hydrogens (tertiary/aromatic N) is 2. The third kappa shape index (κ3) is 1.93. The van der Waals surface area contributed by atoms with Crippen molar-refractivity contribution in [1.29, 1.82) is 0 Å². The van der Waals surface area contributed by atoms with Crippen molar-refractivity contribution in [1.82, 2.24) is 14.7 Å². The van der Waals surface area contributed by atoms with Gasteiger partial charge in [-0.15, -0.1) is 0 Å². The van der Waals surface area contributed by atoms with E-state index in [2.05, 4.69) is 10.3 Å². The zero-order chi connectivity index (χ0) is 14.3. The predicted molar refractivity (Wildman–Crippen MR) is 67.3 cm³/mol. The highest BCUT2D eigenvalue weighted by atomic mass is 16.4. The fourth-order valence-electron chi connectivity index (χ4n) is 2.38. The van der Waals surface area contributed by atoms with Gasteiger partial charge in [-0.1, -0.05) is 6.07 Å². The van der Waals surface area contributed by atoms with Gasteiger partial charge in [-0.25, -0.2) is 9.78 Å². The number of carboxylic acids is 1. The van der Waals surface area contributed by atoms with Gasteiger partial charge in [0, 0.05) is 12.6 Å². The summed E-state index contributed by atoms with van der Waals surface area (Å²) in [7, 11) is 0. The average Bonchev–Trinajstić information content (AvgIpc) is 2.81. The molecule has 7 nitrogen and oxygen atoms in total. The lowest BCUT2D eigenvalue weighted by atomic mass is 9.91. The van der Waals surface area contributed by atoms with Gasteiger partial charge in [-0.3, -0.25) is 19.3 Å². The lowest BCUT2D eigenvalue weighted by molar-refractivity contribution is -0.134. The van der Waals surface area contributed by atoms with E-state index in [9.17, 15) is 14.4 Å². The first-order valence-corrected chi connectivity index (χ1v) is 6.10. The molecule has 102 valence electrons. The summed E-state index contributed by atoms with van der Waals surface area (Å²) >= 11 is 0. The van der Waals surface area contributed by atoms with Crippen molar-refractivity contribution < 1.29 is 19.5 Å². The van der Waals surface area contributed by atoms with E-state index in [1.807, 2.05) is 0 Å². The molecule has 0 radical (unpaired) electrons. The Labute approximate surface area is 113 Å². The Hall–Kier alpha value is -2.70. The second-order valence-electron chi connectivity index (χ2n) is 4.65. The lowest BCUT2D eigenvalue weighted by Crippen LogP contribution is -2.39. The topological polar surface area (TPSA) is 101 Å². The molecule has 1 aliphatic rings. The Kier molecular flexibility index (Phi) is 2.74. The van der Waals surface area contributed by atoms with Gasteiger partial charge in [-0.2, -0.15) is 0 Å². The minimum absolute atomic E-state index is 0.103. The quantitative estimate of drug-likeness (QED) is 0.778. The van der Waals surface area contributed by atoms with Crippen LogP contribution in [-0.2, 0) is 9.59 Å². The van der Waals surface area contributed by atoms with Crippen LogP contribution in [0.15, 0.2) is 24.5 Å². The van der Waals surface area contributed by atoms with Crippen molar-refractivity contribution >= 4 is 23.3 Å². The summed E-state index contributed by atoms with van der Waals surface area (Å²) in [5, 5.41) is 11.3. The van der Waals surface area contributed by atoms with E-state index < -0.39 is 11.9 Å². The third-order valence-electron chi connectivity index (χ3n) is 3.38. The molecule has 2 aromatic rings. The molecule has 1 aliphatic heterocycles. The van der Waals surface area contributed by atoms with Crippen LogP contribution in [0.1, 0.15) is 34.9 Å². The molecule has 0 bridgehead atoms. The second-order valence-corrected chi connectivity index (χ2v) is 4.65. The van der Waals surface area contributed by atoms with Crippen LogP contribution in [0.3, 0.4) is 0 Å². The van der Waals surface area contributed by atoms with Crippen LogP contribution in [0, 0.1) is 0 Å².